The van der Waals surface area contributed by atoms with Crippen LogP contribution in [0.1, 0.15) is 63.1 Å². The summed E-state index contributed by atoms with van der Waals surface area (Å²) >= 11 is 0. The number of nitrogens with zero attached hydrogens (tertiary/aromatic N) is 5. The molecule has 0 radical (unpaired) electrons. The lowest BCUT2D eigenvalue weighted by molar-refractivity contribution is 0.307. The van der Waals surface area contributed by atoms with E-state index < -0.39 is 0 Å². The summed E-state index contributed by atoms with van der Waals surface area (Å²) in [5.41, 5.74) is 6.31. The second-order valence-corrected chi connectivity index (χ2v) is 11.8. The molecule has 6 nitrogen and oxygen atoms in total. The van der Waals surface area contributed by atoms with E-state index in [2.05, 4.69) is 58.7 Å². The van der Waals surface area contributed by atoms with Crippen LogP contribution in [0.15, 0.2) is 59.8 Å². The Morgan fingerprint density at radius 2 is 1.95 bits per heavy atom. The van der Waals surface area contributed by atoms with Gasteiger partial charge in [0.2, 0.25) is 0 Å². The van der Waals surface area contributed by atoms with Crippen LogP contribution in [-0.4, -0.2) is 60.3 Å². The van der Waals surface area contributed by atoms with E-state index in [0.29, 0.717) is 18.9 Å². The molecular formula is C32H43FN6. The van der Waals surface area contributed by atoms with Gasteiger partial charge in [0.1, 0.15) is 11.6 Å². The molecule has 1 fully saturated rings. The van der Waals surface area contributed by atoms with Gasteiger partial charge < -0.3 is 20.0 Å². The van der Waals surface area contributed by atoms with Gasteiger partial charge >= 0.3 is 0 Å². The Morgan fingerprint density at radius 1 is 1.15 bits per heavy atom. The SMILES string of the molecule is C=C/C=N\C(=C(/C)F)N1CCc2c(ccnc2Nc2ccc3c(c2)N(CCCCN2CCCC2)CC3(C)C)C1. The molecule has 1 N–H and O–H groups in total. The van der Waals surface area contributed by atoms with Gasteiger partial charge in [-0.05, 0) is 88.0 Å². The summed E-state index contributed by atoms with van der Waals surface area (Å²) in [7, 11) is 0. The number of hydrogen-bond acceptors (Lipinski definition) is 6. The van der Waals surface area contributed by atoms with E-state index >= 15 is 0 Å². The molecule has 0 aliphatic carbocycles. The molecule has 0 bridgehead atoms. The molecule has 1 saturated heterocycles. The van der Waals surface area contributed by atoms with Crippen LogP contribution < -0.4 is 10.2 Å². The third-order valence-electron chi connectivity index (χ3n) is 8.32. The molecule has 0 saturated carbocycles. The summed E-state index contributed by atoms with van der Waals surface area (Å²) in [6, 6.07) is 8.81. The molecule has 1 aromatic heterocycles. The van der Waals surface area contributed by atoms with Gasteiger partial charge in [0, 0.05) is 60.9 Å². The number of pyridine rings is 1. The first-order valence-electron chi connectivity index (χ1n) is 14.5. The van der Waals surface area contributed by atoms with E-state index in [-0.39, 0.29) is 11.2 Å². The summed E-state index contributed by atoms with van der Waals surface area (Å²) < 4.78 is 14.2. The standard InChI is InChI=1S/C32H43FN6/c1-5-14-35-31(24(2)33)38-20-13-27-25(22-38)12-15-34-30(27)36-26-10-11-28-29(21-26)39(23-32(28,3)4)19-9-8-18-37-16-6-7-17-37/h5,10-12,14-15,21H,1,6-9,13,16-20,22-23H2,2-4H3,(H,34,36)/b31-24-,35-14-. The Hall–Kier alpha value is -3.19. The molecule has 0 atom stereocenters. The number of rotatable bonds is 10. The lowest BCUT2D eigenvalue weighted by Crippen LogP contribution is -2.30. The summed E-state index contributed by atoms with van der Waals surface area (Å²) in [5, 5.41) is 3.62. The van der Waals surface area contributed by atoms with Gasteiger partial charge in [0.05, 0.1) is 0 Å². The van der Waals surface area contributed by atoms with Crippen molar-refractivity contribution in [3.05, 3.63) is 71.5 Å². The molecule has 4 heterocycles. The maximum Gasteiger partial charge on any atom is 0.160 e. The zero-order valence-corrected chi connectivity index (χ0v) is 23.8. The molecule has 2 aromatic rings. The largest absolute Gasteiger partial charge is 0.370 e. The van der Waals surface area contributed by atoms with Crippen LogP contribution in [0.4, 0.5) is 21.6 Å². The highest BCUT2D eigenvalue weighted by molar-refractivity contribution is 5.72. The molecule has 1 aromatic carbocycles. The van der Waals surface area contributed by atoms with Gasteiger partial charge in [-0.25, -0.2) is 14.4 Å². The molecule has 0 spiro atoms. The molecular weight excluding hydrogens is 487 g/mol. The molecule has 0 amide bonds. The minimum absolute atomic E-state index is 0.143. The van der Waals surface area contributed by atoms with Gasteiger partial charge in [-0.1, -0.05) is 32.6 Å². The van der Waals surface area contributed by atoms with Crippen LogP contribution in [0.3, 0.4) is 0 Å². The quantitative estimate of drug-likeness (QED) is 0.278. The normalized spacial score (nSPS) is 19.3. The summed E-state index contributed by atoms with van der Waals surface area (Å²) in [5.74, 6) is 0.970. The number of allylic oxidation sites excluding steroid dienone is 2. The van der Waals surface area contributed by atoms with E-state index in [1.54, 1.807) is 12.3 Å². The van der Waals surface area contributed by atoms with Crippen LogP contribution in [-0.2, 0) is 18.4 Å². The molecule has 7 heteroatoms. The first kappa shape index (κ1) is 27.4. The van der Waals surface area contributed by atoms with Crippen LogP contribution in [0, 0.1) is 0 Å². The summed E-state index contributed by atoms with van der Waals surface area (Å²) in [6.45, 7) is 17.0. The van der Waals surface area contributed by atoms with Crippen LogP contribution in [0.2, 0.25) is 0 Å². The monoisotopic (exact) mass is 530 g/mol. The van der Waals surface area contributed by atoms with Crippen molar-refractivity contribution in [2.45, 2.75) is 64.8 Å². The first-order valence-corrected chi connectivity index (χ1v) is 14.5. The van der Waals surface area contributed by atoms with E-state index in [1.165, 1.54) is 69.1 Å². The van der Waals surface area contributed by atoms with Crippen molar-refractivity contribution in [1.82, 2.24) is 14.8 Å². The number of aromatic nitrogens is 1. The molecule has 5 rings (SSSR count). The predicted molar refractivity (Wildman–Crippen MR) is 161 cm³/mol. The topological polar surface area (TPSA) is 47.0 Å². The Bertz CT molecular complexity index is 1240. The highest BCUT2D eigenvalue weighted by Gasteiger charge is 2.35. The molecule has 3 aliphatic heterocycles. The minimum atomic E-state index is -0.286. The van der Waals surface area contributed by atoms with Crippen molar-refractivity contribution in [3.8, 4) is 0 Å². The number of unbranched alkanes of at least 4 members (excludes halogenated alkanes) is 1. The maximum absolute atomic E-state index is 14.2. The number of likely N-dealkylation sites (tertiary alicyclic amines) is 1. The third-order valence-corrected chi connectivity index (χ3v) is 8.32. The van der Waals surface area contributed by atoms with Crippen molar-refractivity contribution in [2.24, 2.45) is 4.99 Å². The fourth-order valence-electron chi connectivity index (χ4n) is 6.36. The fraction of sp³-hybridized carbons (Fsp3) is 0.500. The zero-order valence-electron chi connectivity index (χ0n) is 23.8. The number of halogens is 1. The first-order chi connectivity index (χ1) is 18.9. The van der Waals surface area contributed by atoms with Crippen molar-refractivity contribution in [3.63, 3.8) is 0 Å². The van der Waals surface area contributed by atoms with E-state index in [0.717, 1.165) is 36.6 Å². The second kappa shape index (κ2) is 11.9. The average Bonchev–Trinajstić information content (AvgIpc) is 3.52. The smallest absolute Gasteiger partial charge is 0.160 e. The Morgan fingerprint density at radius 3 is 2.72 bits per heavy atom. The van der Waals surface area contributed by atoms with Crippen LogP contribution >= 0.6 is 0 Å². The van der Waals surface area contributed by atoms with Crippen molar-refractivity contribution in [2.75, 3.05) is 49.5 Å². The predicted octanol–water partition coefficient (Wildman–Crippen LogP) is 6.57. The number of nitrogens with one attached hydrogen (secondary N) is 1. The Kier molecular flexibility index (Phi) is 8.36. The number of hydrogen-bond donors (Lipinski definition) is 1. The fourth-order valence-corrected chi connectivity index (χ4v) is 6.36. The van der Waals surface area contributed by atoms with Crippen molar-refractivity contribution < 1.29 is 4.39 Å². The summed E-state index contributed by atoms with van der Waals surface area (Å²) in [4.78, 5) is 16.2. The van der Waals surface area contributed by atoms with Gasteiger partial charge in [-0.15, -0.1) is 0 Å². The molecule has 208 valence electrons. The van der Waals surface area contributed by atoms with Gasteiger partial charge in [0.25, 0.3) is 0 Å². The van der Waals surface area contributed by atoms with E-state index in [4.69, 9.17) is 4.98 Å². The molecule has 39 heavy (non-hydrogen) atoms. The number of aliphatic imine (C=N–C) groups is 1. The zero-order chi connectivity index (χ0) is 27.4. The Labute approximate surface area is 233 Å². The van der Waals surface area contributed by atoms with Gasteiger partial charge in [0.15, 0.2) is 5.82 Å². The van der Waals surface area contributed by atoms with Crippen LogP contribution in [0.25, 0.3) is 0 Å². The highest BCUT2D eigenvalue weighted by atomic mass is 19.1. The van der Waals surface area contributed by atoms with Gasteiger partial charge in [-0.2, -0.15) is 0 Å². The molecule has 3 aliphatic rings. The van der Waals surface area contributed by atoms with Crippen molar-refractivity contribution >= 4 is 23.4 Å². The molecule has 0 unspecified atom stereocenters. The minimum Gasteiger partial charge on any atom is -0.370 e. The highest BCUT2D eigenvalue weighted by Crippen LogP contribution is 2.42. The van der Waals surface area contributed by atoms with Crippen molar-refractivity contribution in [1.29, 1.82) is 0 Å². The number of fused-ring (bicyclic) bond motifs is 2. The number of benzene rings is 1. The maximum atomic E-state index is 14.2. The third kappa shape index (κ3) is 6.19. The Balaban J connectivity index is 1.29. The number of anilines is 3. The second-order valence-electron chi connectivity index (χ2n) is 11.8. The van der Waals surface area contributed by atoms with E-state index in [1.807, 2.05) is 17.2 Å². The lowest BCUT2D eigenvalue weighted by Gasteiger charge is -2.31. The van der Waals surface area contributed by atoms with Gasteiger partial charge in [-0.3, -0.25) is 0 Å². The lowest BCUT2D eigenvalue weighted by atomic mass is 9.87. The van der Waals surface area contributed by atoms with Crippen LogP contribution in [0.5, 0.6) is 0 Å². The van der Waals surface area contributed by atoms with E-state index in [9.17, 15) is 4.39 Å². The average molecular weight is 531 g/mol. The summed E-state index contributed by atoms with van der Waals surface area (Å²) in [6.07, 6.45) is 10.9.